The monoisotopic (exact) mass is 219 g/mol. The Kier molecular flexibility index (Phi) is 2.95. The number of anilines is 2. The van der Waals surface area contributed by atoms with Crippen molar-refractivity contribution in [2.45, 2.75) is 25.3 Å². The zero-order chi connectivity index (χ0) is 11.5. The van der Waals surface area contributed by atoms with Crippen molar-refractivity contribution in [2.24, 2.45) is 0 Å². The summed E-state index contributed by atoms with van der Waals surface area (Å²) in [6, 6.07) is 7.36. The highest BCUT2D eigenvalue weighted by Crippen LogP contribution is 2.35. The van der Waals surface area contributed by atoms with E-state index in [0.717, 1.165) is 18.5 Å². The van der Waals surface area contributed by atoms with Crippen LogP contribution in [0.15, 0.2) is 18.2 Å². The molecule has 1 saturated carbocycles. The van der Waals surface area contributed by atoms with Gasteiger partial charge in [0.05, 0.1) is 23.9 Å². The molecule has 4 heteroatoms. The van der Waals surface area contributed by atoms with E-state index in [0.29, 0.717) is 19.0 Å². The van der Waals surface area contributed by atoms with Gasteiger partial charge >= 0.3 is 0 Å². The van der Waals surface area contributed by atoms with Crippen LogP contribution in [0, 0.1) is 17.1 Å². The molecule has 1 aliphatic carbocycles. The highest BCUT2D eigenvalue weighted by atomic mass is 19.1. The van der Waals surface area contributed by atoms with Gasteiger partial charge in [-0.1, -0.05) is 6.07 Å². The highest BCUT2D eigenvalue weighted by Gasteiger charge is 2.30. The number of para-hydroxylation sites is 1. The predicted octanol–water partition coefficient (Wildman–Crippen LogP) is 2.29. The number of rotatable bonds is 4. The average molecular weight is 219 g/mol. The average Bonchev–Trinajstić information content (AvgIpc) is 3.08. The smallest absolute Gasteiger partial charge is 0.148 e. The SMILES string of the molecule is N#CCCN(c1cccc(F)c1N)C1CC1. The van der Waals surface area contributed by atoms with Gasteiger partial charge in [0.15, 0.2) is 0 Å². The molecule has 0 radical (unpaired) electrons. The van der Waals surface area contributed by atoms with Gasteiger partial charge in [0.1, 0.15) is 5.82 Å². The molecule has 84 valence electrons. The molecule has 16 heavy (non-hydrogen) atoms. The Morgan fingerprint density at radius 3 is 2.88 bits per heavy atom. The van der Waals surface area contributed by atoms with Crippen LogP contribution in [0.5, 0.6) is 0 Å². The van der Waals surface area contributed by atoms with Crippen molar-refractivity contribution in [1.29, 1.82) is 5.26 Å². The van der Waals surface area contributed by atoms with Crippen molar-refractivity contribution >= 4 is 11.4 Å². The van der Waals surface area contributed by atoms with Gasteiger partial charge in [0, 0.05) is 12.6 Å². The molecule has 0 bridgehead atoms. The lowest BCUT2D eigenvalue weighted by atomic mass is 10.2. The Hall–Kier alpha value is -1.76. The minimum absolute atomic E-state index is 0.187. The second-order valence-electron chi connectivity index (χ2n) is 4.01. The standard InChI is InChI=1S/C12H14FN3/c13-10-3-1-4-11(12(10)15)16(8-2-7-14)9-5-6-9/h1,3-4,9H,2,5-6,8,15H2. The molecule has 0 atom stereocenters. The van der Waals surface area contributed by atoms with Crippen LogP contribution in [0.25, 0.3) is 0 Å². The molecular weight excluding hydrogens is 205 g/mol. The molecule has 0 unspecified atom stereocenters. The fraction of sp³-hybridized carbons (Fsp3) is 0.417. The van der Waals surface area contributed by atoms with Gasteiger partial charge in [-0.15, -0.1) is 0 Å². The summed E-state index contributed by atoms with van der Waals surface area (Å²) in [4.78, 5) is 2.04. The van der Waals surface area contributed by atoms with Crippen LogP contribution in [0.2, 0.25) is 0 Å². The van der Waals surface area contributed by atoms with E-state index in [-0.39, 0.29) is 11.5 Å². The summed E-state index contributed by atoms with van der Waals surface area (Å²) in [6.45, 7) is 0.620. The molecule has 0 saturated heterocycles. The molecule has 0 spiro atoms. The quantitative estimate of drug-likeness (QED) is 0.790. The van der Waals surface area contributed by atoms with Crippen molar-refractivity contribution in [3.8, 4) is 6.07 Å². The molecule has 0 amide bonds. The second-order valence-corrected chi connectivity index (χ2v) is 4.01. The minimum atomic E-state index is -0.389. The summed E-state index contributed by atoms with van der Waals surface area (Å²) >= 11 is 0. The van der Waals surface area contributed by atoms with E-state index >= 15 is 0 Å². The first kappa shape index (κ1) is 10.7. The molecule has 2 N–H and O–H groups in total. The van der Waals surface area contributed by atoms with Crippen LogP contribution in [-0.4, -0.2) is 12.6 Å². The molecule has 1 aliphatic rings. The van der Waals surface area contributed by atoms with Gasteiger partial charge in [0.2, 0.25) is 0 Å². The molecule has 1 aromatic rings. The van der Waals surface area contributed by atoms with Gasteiger partial charge in [-0.25, -0.2) is 4.39 Å². The Labute approximate surface area is 94.3 Å². The number of hydrogen-bond acceptors (Lipinski definition) is 3. The summed E-state index contributed by atoms with van der Waals surface area (Å²) in [7, 11) is 0. The molecule has 0 aliphatic heterocycles. The summed E-state index contributed by atoms with van der Waals surface area (Å²) in [5.41, 5.74) is 6.63. The number of hydrogen-bond donors (Lipinski definition) is 1. The number of halogens is 1. The lowest BCUT2D eigenvalue weighted by Gasteiger charge is -2.25. The first-order valence-electron chi connectivity index (χ1n) is 5.41. The maximum atomic E-state index is 13.3. The van der Waals surface area contributed by atoms with E-state index in [1.165, 1.54) is 6.07 Å². The third kappa shape index (κ3) is 2.08. The maximum absolute atomic E-state index is 13.3. The van der Waals surface area contributed by atoms with Crippen LogP contribution in [0.4, 0.5) is 15.8 Å². The number of nitrogens with zero attached hydrogens (tertiary/aromatic N) is 2. The summed E-state index contributed by atoms with van der Waals surface area (Å²) in [6.07, 6.45) is 2.63. The molecule has 2 rings (SSSR count). The number of nitrogens with two attached hydrogens (primary N) is 1. The van der Waals surface area contributed by atoms with Gasteiger partial charge in [-0.05, 0) is 25.0 Å². The third-order valence-corrected chi connectivity index (χ3v) is 2.79. The fourth-order valence-corrected chi connectivity index (χ4v) is 1.83. The Morgan fingerprint density at radius 1 is 1.50 bits per heavy atom. The summed E-state index contributed by atoms with van der Waals surface area (Å²) < 4.78 is 13.3. The van der Waals surface area contributed by atoms with Crippen LogP contribution in [0.1, 0.15) is 19.3 Å². The van der Waals surface area contributed by atoms with Crippen LogP contribution in [-0.2, 0) is 0 Å². The second kappa shape index (κ2) is 4.40. The van der Waals surface area contributed by atoms with E-state index in [4.69, 9.17) is 11.0 Å². The van der Waals surface area contributed by atoms with Crippen LogP contribution >= 0.6 is 0 Å². The zero-order valence-corrected chi connectivity index (χ0v) is 8.99. The van der Waals surface area contributed by atoms with Gasteiger partial charge in [-0.2, -0.15) is 5.26 Å². The van der Waals surface area contributed by atoms with Crippen molar-refractivity contribution in [3.05, 3.63) is 24.0 Å². The van der Waals surface area contributed by atoms with Gasteiger partial charge in [0.25, 0.3) is 0 Å². The fourth-order valence-electron chi connectivity index (χ4n) is 1.83. The Bertz CT molecular complexity index is 421. The van der Waals surface area contributed by atoms with E-state index < -0.39 is 0 Å². The number of nitrogen functional groups attached to an aromatic ring is 1. The lowest BCUT2D eigenvalue weighted by Crippen LogP contribution is -2.27. The van der Waals surface area contributed by atoms with E-state index in [2.05, 4.69) is 6.07 Å². The molecule has 3 nitrogen and oxygen atoms in total. The first-order chi connectivity index (χ1) is 7.74. The topological polar surface area (TPSA) is 53.0 Å². The molecule has 0 heterocycles. The first-order valence-corrected chi connectivity index (χ1v) is 5.41. The molecule has 1 aromatic carbocycles. The van der Waals surface area contributed by atoms with Crippen molar-refractivity contribution < 1.29 is 4.39 Å². The minimum Gasteiger partial charge on any atom is -0.395 e. The number of benzene rings is 1. The van der Waals surface area contributed by atoms with E-state index in [9.17, 15) is 4.39 Å². The summed E-state index contributed by atoms with van der Waals surface area (Å²) in [5.74, 6) is -0.389. The lowest BCUT2D eigenvalue weighted by molar-refractivity contribution is 0.631. The Morgan fingerprint density at radius 2 is 2.25 bits per heavy atom. The van der Waals surface area contributed by atoms with Crippen LogP contribution in [0.3, 0.4) is 0 Å². The third-order valence-electron chi connectivity index (χ3n) is 2.79. The molecule has 0 aromatic heterocycles. The molecule has 1 fully saturated rings. The van der Waals surface area contributed by atoms with Crippen molar-refractivity contribution in [2.75, 3.05) is 17.2 Å². The van der Waals surface area contributed by atoms with Crippen LogP contribution < -0.4 is 10.6 Å². The largest absolute Gasteiger partial charge is 0.395 e. The van der Waals surface area contributed by atoms with Crippen molar-refractivity contribution in [3.63, 3.8) is 0 Å². The summed E-state index contributed by atoms with van der Waals surface area (Å²) in [5, 5.41) is 8.61. The Balaban J connectivity index is 2.24. The maximum Gasteiger partial charge on any atom is 0.148 e. The van der Waals surface area contributed by atoms with Crippen molar-refractivity contribution in [1.82, 2.24) is 0 Å². The van der Waals surface area contributed by atoms with Gasteiger partial charge in [-0.3, -0.25) is 0 Å². The number of nitriles is 1. The zero-order valence-electron chi connectivity index (χ0n) is 8.99. The predicted molar refractivity (Wildman–Crippen MR) is 61.4 cm³/mol. The van der Waals surface area contributed by atoms with Gasteiger partial charge < -0.3 is 10.6 Å². The van der Waals surface area contributed by atoms with E-state index in [1.54, 1.807) is 6.07 Å². The highest BCUT2D eigenvalue weighted by molar-refractivity contribution is 5.69. The molecular formula is C12H14FN3. The van der Waals surface area contributed by atoms with E-state index in [1.807, 2.05) is 11.0 Å². The normalized spacial score (nSPS) is 14.5.